The first-order chi connectivity index (χ1) is 9.20. The number of benzene rings is 1. The Morgan fingerprint density at radius 2 is 2.16 bits per heavy atom. The Hall–Kier alpha value is -0.850. The summed E-state index contributed by atoms with van der Waals surface area (Å²) < 4.78 is 14.5. The summed E-state index contributed by atoms with van der Waals surface area (Å²) in [6.45, 7) is 4.02. The van der Waals surface area contributed by atoms with Crippen LogP contribution in [0.4, 0.5) is 4.39 Å². The maximum Gasteiger partial charge on any atom is 0.150 e. The molecule has 0 aliphatic heterocycles. The largest absolute Gasteiger partial charge is 0.316 e. The van der Waals surface area contributed by atoms with E-state index in [9.17, 15) is 4.39 Å². The van der Waals surface area contributed by atoms with Crippen LogP contribution in [0.2, 0.25) is 0 Å². The summed E-state index contributed by atoms with van der Waals surface area (Å²) in [5, 5.41) is 13.0. The molecule has 102 valence electrons. The first-order valence-electron chi connectivity index (χ1n) is 6.19. The lowest BCUT2D eigenvalue weighted by atomic mass is 10.2. The molecule has 0 radical (unpaired) electrons. The van der Waals surface area contributed by atoms with Crippen LogP contribution in [-0.2, 0) is 6.42 Å². The third kappa shape index (κ3) is 4.06. The molecule has 1 N–H and O–H groups in total. The minimum Gasteiger partial charge on any atom is -0.316 e. The quantitative estimate of drug-likeness (QED) is 0.813. The van der Waals surface area contributed by atoms with E-state index in [4.69, 9.17) is 0 Å². The van der Waals surface area contributed by atoms with Gasteiger partial charge in [0.15, 0.2) is 5.01 Å². The number of halogens is 2. The van der Waals surface area contributed by atoms with Crippen LogP contribution in [0.1, 0.15) is 18.4 Å². The first kappa shape index (κ1) is 14.6. The number of hydrogen-bond donors (Lipinski definition) is 1. The Bertz CT molecular complexity index is 544. The van der Waals surface area contributed by atoms with Gasteiger partial charge in [-0.25, -0.2) is 4.39 Å². The van der Waals surface area contributed by atoms with Crippen molar-refractivity contribution in [2.24, 2.45) is 0 Å². The highest BCUT2D eigenvalue weighted by Crippen LogP contribution is 2.28. The monoisotopic (exact) mass is 343 g/mol. The van der Waals surface area contributed by atoms with E-state index in [2.05, 4.69) is 38.4 Å². The Morgan fingerprint density at radius 1 is 1.32 bits per heavy atom. The Labute approximate surface area is 124 Å². The van der Waals surface area contributed by atoms with E-state index in [1.165, 1.54) is 17.4 Å². The van der Waals surface area contributed by atoms with E-state index in [0.717, 1.165) is 35.4 Å². The zero-order chi connectivity index (χ0) is 13.7. The van der Waals surface area contributed by atoms with Gasteiger partial charge in [-0.05, 0) is 31.2 Å². The van der Waals surface area contributed by atoms with E-state index in [1.807, 2.05) is 6.07 Å². The predicted octanol–water partition coefficient (Wildman–Crippen LogP) is 3.65. The minimum absolute atomic E-state index is 0.277. The lowest BCUT2D eigenvalue weighted by molar-refractivity contribution is 0.630. The molecule has 1 heterocycles. The summed E-state index contributed by atoms with van der Waals surface area (Å²) in [7, 11) is 0. The summed E-state index contributed by atoms with van der Waals surface area (Å²) in [5.41, 5.74) is 0.508. The second-order valence-corrected chi connectivity index (χ2v) is 6.10. The molecule has 0 aliphatic rings. The molecule has 0 saturated heterocycles. The molecule has 0 aliphatic carbocycles. The van der Waals surface area contributed by atoms with Gasteiger partial charge in [0.25, 0.3) is 0 Å². The average molecular weight is 344 g/mol. The van der Waals surface area contributed by atoms with Gasteiger partial charge >= 0.3 is 0 Å². The molecule has 0 saturated carbocycles. The van der Waals surface area contributed by atoms with Gasteiger partial charge < -0.3 is 5.32 Å². The molecule has 0 spiro atoms. The van der Waals surface area contributed by atoms with Gasteiger partial charge in [-0.15, -0.1) is 10.2 Å². The van der Waals surface area contributed by atoms with E-state index < -0.39 is 0 Å². The van der Waals surface area contributed by atoms with Crippen molar-refractivity contribution in [2.75, 3.05) is 13.1 Å². The van der Waals surface area contributed by atoms with Crippen LogP contribution in [-0.4, -0.2) is 23.3 Å². The van der Waals surface area contributed by atoms with E-state index >= 15 is 0 Å². The molecule has 1 aromatic carbocycles. The first-order valence-corrected chi connectivity index (χ1v) is 7.80. The van der Waals surface area contributed by atoms with Crippen LogP contribution in [0, 0.1) is 5.82 Å². The van der Waals surface area contributed by atoms with Crippen LogP contribution in [0.25, 0.3) is 10.6 Å². The molecule has 0 unspecified atom stereocenters. The highest BCUT2D eigenvalue weighted by molar-refractivity contribution is 9.10. The van der Waals surface area contributed by atoms with E-state index in [0.29, 0.717) is 10.6 Å². The summed E-state index contributed by atoms with van der Waals surface area (Å²) in [4.78, 5) is 0. The summed E-state index contributed by atoms with van der Waals surface area (Å²) in [6.07, 6.45) is 1.95. The lowest BCUT2D eigenvalue weighted by Crippen LogP contribution is -2.17. The number of nitrogens with zero attached hydrogens (tertiary/aromatic N) is 2. The third-order valence-corrected chi connectivity index (χ3v) is 4.08. The average Bonchev–Trinajstić information content (AvgIpc) is 2.83. The fraction of sp³-hybridized carbons (Fsp3) is 0.385. The van der Waals surface area contributed by atoms with Gasteiger partial charge in [0.1, 0.15) is 10.8 Å². The van der Waals surface area contributed by atoms with Gasteiger partial charge in [0.05, 0.1) is 0 Å². The van der Waals surface area contributed by atoms with Crippen molar-refractivity contribution in [3.05, 3.63) is 33.5 Å². The third-order valence-electron chi connectivity index (χ3n) is 2.57. The molecule has 2 aromatic rings. The van der Waals surface area contributed by atoms with Crippen LogP contribution in [0.5, 0.6) is 0 Å². The SMILES string of the molecule is CCCNCCc1nnc(-c2ccc(Br)cc2F)s1. The van der Waals surface area contributed by atoms with Gasteiger partial charge in [-0.1, -0.05) is 34.2 Å². The zero-order valence-electron chi connectivity index (χ0n) is 10.6. The van der Waals surface area contributed by atoms with Crippen molar-refractivity contribution in [3.63, 3.8) is 0 Å². The highest BCUT2D eigenvalue weighted by atomic mass is 79.9. The minimum atomic E-state index is -0.277. The van der Waals surface area contributed by atoms with Crippen LogP contribution >= 0.6 is 27.3 Å². The molecule has 1 aromatic heterocycles. The molecule has 0 fully saturated rings. The number of rotatable bonds is 6. The molecular formula is C13H15BrFN3S. The molecule has 6 heteroatoms. The van der Waals surface area contributed by atoms with Gasteiger partial charge in [0.2, 0.25) is 0 Å². The fourth-order valence-electron chi connectivity index (χ4n) is 1.62. The van der Waals surface area contributed by atoms with Crippen molar-refractivity contribution in [3.8, 4) is 10.6 Å². The highest BCUT2D eigenvalue weighted by Gasteiger charge is 2.11. The maximum absolute atomic E-state index is 13.8. The van der Waals surface area contributed by atoms with Crippen molar-refractivity contribution >= 4 is 27.3 Å². The molecular weight excluding hydrogens is 329 g/mol. The second kappa shape index (κ2) is 7.07. The number of hydrogen-bond acceptors (Lipinski definition) is 4. The van der Waals surface area contributed by atoms with Gasteiger partial charge in [-0.2, -0.15) is 0 Å². The van der Waals surface area contributed by atoms with Gasteiger partial charge in [-0.3, -0.25) is 0 Å². The lowest BCUT2D eigenvalue weighted by Gasteiger charge is -1.99. The van der Waals surface area contributed by atoms with Crippen LogP contribution in [0.15, 0.2) is 22.7 Å². The van der Waals surface area contributed by atoms with Crippen molar-refractivity contribution in [2.45, 2.75) is 19.8 Å². The number of nitrogens with one attached hydrogen (secondary N) is 1. The van der Waals surface area contributed by atoms with E-state index in [1.54, 1.807) is 6.07 Å². The molecule has 0 atom stereocenters. The second-order valence-electron chi connectivity index (χ2n) is 4.13. The number of aromatic nitrogens is 2. The Balaban J connectivity index is 2.04. The van der Waals surface area contributed by atoms with Crippen LogP contribution in [0.3, 0.4) is 0 Å². The summed E-state index contributed by atoms with van der Waals surface area (Å²) in [6, 6.07) is 4.97. The van der Waals surface area contributed by atoms with Gasteiger partial charge in [0, 0.05) is 23.0 Å². The van der Waals surface area contributed by atoms with E-state index in [-0.39, 0.29) is 5.82 Å². The Morgan fingerprint density at radius 3 is 2.89 bits per heavy atom. The maximum atomic E-state index is 13.8. The van der Waals surface area contributed by atoms with Crippen LogP contribution < -0.4 is 5.32 Å². The topological polar surface area (TPSA) is 37.8 Å². The van der Waals surface area contributed by atoms with Crippen molar-refractivity contribution in [1.29, 1.82) is 0 Å². The summed E-state index contributed by atoms with van der Waals surface area (Å²) >= 11 is 4.69. The molecule has 2 rings (SSSR count). The predicted molar refractivity (Wildman–Crippen MR) is 79.9 cm³/mol. The zero-order valence-corrected chi connectivity index (χ0v) is 13.0. The molecule has 0 amide bonds. The standard InChI is InChI=1S/C13H15BrFN3S/c1-2-6-16-7-5-12-17-18-13(19-12)10-4-3-9(14)8-11(10)15/h3-4,8,16H,2,5-7H2,1H3. The molecule has 0 bridgehead atoms. The van der Waals surface area contributed by atoms with Crippen molar-refractivity contribution < 1.29 is 4.39 Å². The summed E-state index contributed by atoms with van der Waals surface area (Å²) in [5.74, 6) is -0.277. The smallest absolute Gasteiger partial charge is 0.150 e. The molecule has 3 nitrogen and oxygen atoms in total. The van der Waals surface area contributed by atoms with Crippen molar-refractivity contribution in [1.82, 2.24) is 15.5 Å². The Kier molecular flexibility index (Phi) is 5.42. The normalized spacial score (nSPS) is 10.9. The molecule has 19 heavy (non-hydrogen) atoms. The fourth-order valence-corrected chi connectivity index (χ4v) is 2.82.